The lowest BCUT2D eigenvalue weighted by Crippen LogP contribution is -2.34. The van der Waals surface area contributed by atoms with Crippen molar-refractivity contribution < 1.29 is 9.53 Å². The highest BCUT2D eigenvalue weighted by atomic mass is 16.5. The number of hydrogen-bond donors (Lipinski definition) is 1. The number of methoxy groups -OCH3 is 1. The van der Waals surface area contributed by atoms with Crippen LogP contribution < -0.4 is 10.2 Å². The van der Waals surface area contributed by atoms with Crippen LogP contribution in [0, 0.1) is 0 Å². The van der Waals surface area contributed by atoms with Crippen LogP contribution in [0.4, 0.5) is 0 Å². The molecule has 0 radical (unpaired) electrons. The van der Waals surface area contributed by atoms with E-state index in [2.05, 4.69) is 39.7 Å². The van der Waals surface area contributed by atoms with E-state index in [4.69, 9.17) is 4.74 Å². The molecule has 5 heteroatoms. The van der Waals surface area contributed by atoms with Crippen LogP contribution >= 0.6 is 0 Å². The Morgan fingerprint density at radius 3 is 2.09 bits per heavy atom. The van der Waals surface area contributed by atoms with Gasteiger partial charge in [-0.15, -0.1) is 0 Å². The number of carbonyl (C=O) groups is 1. The summed E-state index contributed by atoms with van der Waals surface area (Å²) >= 11 is 0. The quantitative estimate of drug-likeness (QED) is 0.296. The van der Waals surface area contributed by atoms with E-state index in [1.54, 1.807) is 13.3 Å². The lowest BCUT2D eigenvalue weighted by Gasteiger charge is -2.21. The van der Waals surface area contributed by atoms with E-state index in [-0.39, 0.29) is 12.5 Å². The van der Waals surface area contributed by atoms with Gasteiger partial charge < -0.3 is 4.74 Å². The SMILES string of the molecule is COc1ccc2ccccc2c1C=NNC(=O)CN(Cc1ccccc1)Cc1ccccc1. The van der Waals surface area contributed by atoms with E-state index in [1.165, 1.54) is 0 Å². The highest BCUT2D eigenvalue weighted by Crippen LogP contribution is 2.26. The maximum Gasteiger partial charge on any atom is 0.254 e. The lowest BCUT2D eigenvalue weighted by atomic mass is 10.0. The van der Waals surface area contributed by atoms with Gasteiger partial charge in [-0.3, -0.25) is 9.69 Å². The summed E-state index contributed by atoms with van der Waals surface area (Å²) in [4.78, 5) is 14.8. The minimum Gasteiger partial charge on any atom is -0.496 e. The molecule has 0 saturated heterocycles. The Bertz CT molecular complexity index is 1180. The average molecular weight is 438 g/mol. The number of nitrogens with zero attached hydrogens (tertiary/aromatic N) is 2. The maximum absolute atomic E-state index is 12.7. The van der Waals surface area contributed by atoms with E-state index in [1.807, 2.05) is 72.8 Å². The summed E-state index contributed by atoms with van der Waals surface area (Å²) < 4.78 is 5.50. The van der Waals surface area contributed by atoms with Gasteiger partial charge in [-0.25, -0.2) is 5.43 Å². The minimum atomic E-state index is -0.169. The molecule has 4 rings (SSSR count). The second-order valence-corrected chi connectivity index (χ2v) is 7.81. The van der Waals surface area contributed by atoms with Crippen molar-refractivity contribution in [2.24, 2.45) is 5.10 Å². The van der Waals surface area contributed by atoms with E-state index in [9.17, 15) is 4.79 Å². The van der Waals surface area contributed by atoms with Crippen LogP contribution in [0.1, 0.15) is 16.7 Å². The third-order valence-electron chi connectivity index (χ3n) is 5.40. The Labute approximate surface area is 194 Å². The summed E-state index contributed by atoms with van der Waals surface area (Å²) in [7, 11) is 1.63. The van der Waals surface area contributed by atoms with Crippen molar-refractivity contribution in [3.63, 3.8) is 0 Å². The fourth-order valence-corrected chi connectivity index (χ4v) is 3.84. The van der Waals surface area contributed by atoms with Crippen LogP contribution in [0.15, 0.2) is 102 Å². The number of hydrogen-bond acceptors (Lipinski definition) is 4. The van der Waals surface area contributed by atoms with Crippen LogP contribution in [0.5, 0.6) is 5.75 Å². The number of benzene rings is 4. The van der Waals surface area contributed by atoms with Crippen LogP contribution in [0.2, 0.25) is 0 Å². The molecule has 166 valence electrons. The predicted octanol–water partition coefficient (Wildman–Crippen LogP) is 5.00. The zero-order valence-corrected chi connectivity index (χ0v) is 18.6. The number of nitrogens with one attached hydrogen (secondary N) is 1. The second kappa shape index (κ2) is 11.1. The zero-order chi connectivity index (χ0) is 22.9. The minimum absolute atomic E-state index is 0.169. The van der Waals surface area contributed by atoms with E-state index in [0.29, 0.717) is 18.8 Å². The number of ether oxygens (including phenoxy) is 1. The molecule has 4 aromatic rings. The van der Waals surface area contributed by atoms with Gasteiger partial charge in [0.2, 0.25) is 0 Å². The van der Waals surface area contributed by atoms with Crippen molar-refractivity contribution in [1.29, 1.82) is 0 Å². The van der Waals surface area contributed by atoms with Crippen molar-refractivity contribution in [3.05, 3.63) is 114 Å². The predicted molar refractivity (Wildman–Crippen MR) is 133 cm³/mol. The molecule has 1 N–H and O–H groups in total. The number of rotatable bonds is 9. The van der Waals surface area contributed by atoms with E-state index >= 15 is 0 Å². The van der Waals surface area contributed by atoms with Crippen molar-refractivity contribution in [1.82, 2.24) is 10.3 Å². The molecule has 0 aliphatic rings. The van der Waals surface area contributed by atoms with Gasteiger partial charge in [0.15, 0.2) is 0 Å². The van der Waals surface area contributed by atoms with E-state index < -0.39 is 0 Å². The average Bonchev–Trinajstić information content (AvgIpc) is 2.85. The van der Waals surface area contributed by atoms with Crippen molar-refractivity contribution in [2.75, 3.05) is 13.7 Å². The molecule has 0 atom stereocenters. The molecule has 0 bridgehead atoms. The Morgan fingerprint density at radius 2 is 1.45 bits per heavy atom. The third kappa shape index (κ3) is 6.05. The van der Waals surface area contributed by atoms with Crippen LogP contribution in [-0.4, -0.2) is 30.7 Å². The first kappa shape index (κ1) is 22.2. The Morgan fingerprint density at radius 1 is 0.848 bits per heavy atom. The molecule has 0 fully saturated rings. The third-order valence-corrected chi connectivity index (χ3v) is 5.40. The monoisotopic (exact) mass is 437 g/mol. The van der Waals surface area contributed by atoms with Gasteiger partial charge in [0.05, 0.1) is 19.9 Å². The summed E-state index contributed by atoms with van der Waals surface area (Å²) in [6, 6.07) is 32.3. The normalized spacial score (nSPS) is 11.2. The van der Waals surface area contributed by atoms with E-state index in [0.717, 1.165) is 27.5 Å². The molecule has 0 aliphatic carbocycles. The first-order chi connectivity index (χ1) is 16.2. The first-order valence-corrected chi connectivity index (χ1v) is 10.9. The summed E-state index contributed by atoms with van der Waals surface area (Å²) in [5, 5.41) is 6.34. The van der Waals surface area contributed by atoms with Gasteiger partial charge in [0.1, 0.15) is 5.75 Å². The number of hydrazone groups is 1. The summed E-state index contributed by atoms with van der Waals surface area (Å²) in [5.41, 5.74) is 5.83. The Kier molecular flexibility index (Phi) is 7.46. The molecule has 5 nitrogen and oxygen atoms in total. The summed E-state index contributed by atoms with van der Waals surface area (Å²) in [5.74, 6) is 0.541. The van der Waals surface area contributed by atoms with Crippen LogP contribution in [-0.2, 0) is 17.9 Å². The van der Waals surface area contributed by atoms with Gasteiger partial charge >= 0.3 is 0 Å². The number of amides is 1. The first-order valence-electron chi connectivity index (χ1n) is 10.9. The largest absolute Gasteiger partial charge is 0.496 e. The molecule has 0 spiro atoms. The molecular weight excluding hydrogens is 410 g/mol. The Balaban J connectivity index is 1.46. The molecule has 0 aliphatic heterocycles. The lowest BCUT2D eigenvalue weighted by molar-refractivity contribution is -0.122. The fraction of sp³-hybridized carbons (Fsp3) is 0.143. The molecule has 1 amide bonds. The molecule has 0 aromatic heterocycles. The summed E-state index contributed by atoms with van der Waals surface area (Å²) in [6.07, 6.45) is 1.65. The van der Waals surface area contributed by atoms with Gasteiger partial charge in [-0.1, -0.05) is 91.0 Å². The highest BCUT2D eigenvalue weighted by molar-refractivity contribution is 6.02. The van der Waals surface area contributed by atoms with Crippen molar-refractivity contribution in [3.8, 4) is 5.75 Å². The van der Waals surface area contributed by atoms with Crippen LogP contribution in [0.25, 0.3) is 10.8 Å². The smallest absolute Gasteiger partial charge is 0.254 e. The molecular formula is C28H27N3O2. The van der Waals surface area contributed by atoms with Crippen molar-refractivity contribution >= 4 is 22.9 Å². The second-order valence-electron chi connectivity index (χ2n) is 7.81. The molecule has 0 saturated carbocycles. The molecule has 0 unspecified atom stereocenters. The van der Waals surface area contributed by atoms with Crippen LogP contribution in [0.3, 0.4) is 0 Å². The summed E-state index contributed by atoms with van der Waals surface area (Å²) in [6.45, 7) is 1.57. The van der Waals surface area contributed by atoms with Crippen molar-refractivity contribution in [2.45, 2.75) is 13.1 Å². The molecule has 4 aromatic carbocycles. The highest BCUT2D eigenvalue weighted by Gasteiger charge is 2.12. The zero-order valence-electron chi connectivity index (χ0n) is 18.6. The molecule has 0 heterocycles. The van der Waals surface area contributed by atoms with Gasteiger partial charge in [0.25, 0.3) is 5.91 Å². The van der Waals surface area contributed by atoms with Gasteiger partial charge in [0, 0.05) is 18.7 Å². The maximum atomic E-state index is 12.7. The topological polar surface area (TPSA) is 53.9 Å². The molecule has 33 heavy (non-hydrogen) atoms. The van der Waals surface area contributed by atoms with Gasteiger partial charge in [-0.2, -0.15) is 5.10 Å². The number of carbonyl (C=O) groups excluding carboxylic acids is 1. The Hall–Kier alpha value is -3.96. The number of fused-ring (bicyclic) bond motifs is 1. The fourth-order valence-electron chi connectivity index (χ4n) is 3.84. The van der Waals surface area contributed by atoms with Gasteiger partial charge in [-0.05, 0) is 28.0 Å². The standard InChI is InChI=1S/C28H27N3O2/c1-33-27-17-16-24-14-8-9-15-25(24)26(27)18-29-30-28(32)21-31(19-22-10-4-2-5-11-22)20-23-12-6-3-7-13-23/h2-18H,19-21H2,1H3,(H,30,32).